The molecule has 0 saturated heterocycles. The van der Waals surface area contributed by atoms with Gasteiger partial charge in [0.15, 0.2) is 0 Å². The fraction of sp³-hybridized carbons (Fsp3) is 0.357. The van der Waals surface area contributed by atoms with Gasteiger partial charge in [-0.3, -0.25) is 9.78 Å². The lowest BCUT2D eigenvalue weighted by Gasteiger charge is -2.21. The van der Waals surface area contributed by atoms with Crippen LogP contribution in [0.5, 0.6) is 0 Å². The van der Waals surface area contributed by atoms with Crippen molar-refractivity contribution in [1.82, 2.24) is 9.88 Å². The highest BCUT2D eigenvalue weighted by atomic mass is 16.4. The summed E-state index contributed by atoms with van der Waals surface area (Å²) in [4.78, 5) is 28.1. The molecule has 0 saturated carbocycles. The van der Waals surface area contributed by atoms with Gasteiger partial charge in [-0.25, -0.2) is 4.79 Å². The Morgan fingerprint density at radius 3 is 2.60 bits per heavy atom. The van der Waals surface area contributed by atoms with Gasteiger partial charge in [0.25, 0.3) is 0 Å². The third-order valence-electron chi connectivity index (χ3n) is 2.54. The lowest BCUT2D eigenvalue weighted by molar-refractivity contribution is -0.136. The molecule has 0 atom stereocenters. The van der Waals surface area contributed by atoms with Crippen LogP contribution in [-0.4, -0.2) is 40.1 Å². The third-order valence-corrected chi connectivity index (χ3v) is 2.54. The Morgan fingerprint density at radius 1 is 1.45 bits per heavy atom. The monoisotopic (exact) mass is 277 g/mol. The number of carbonyl (C=O) groups excluding carboxylic acids is 1. The predicted octanol–water partition coefficient (Wildman–Crippen LogP) is 2.14. The molecular weight excluding hydrogens is 258 g/mol. The number of rotatable bonds is 6. The van der Waals surface area contributed by atoms with Gasteiger partial charge < -0.3 is 15.3 Å². The van der Waals surface area contributed by atoms with Gasteiger partial charge in [0.1, 0.15) is 0 Å². The summed E-state index contributed by atoms with van der Waals surface area (Å²) < 4.78 is 0. The van der Waals surface area contributed by atoms with Crippen molar-refractivity contribution in [2.75, 3.05) is 18.4 Å². The van der Waals surface area contributed by atoms with Crippen LogP contribution in [-0.2, 0) is 11.2 Å². The Morgan fingerprint density at radius 2 is 2.15 bits per heavy atom. The molecule has 0 aliphatic carbocycles. The maximum atomic E-state index is 12.0. The number of carboxylic acids is 1. The number of anilines is 1. The van der Waals surface area contributed by atoms with Crippen molar-refractivity contribution in [3.63, 3.8) is 0 Å². The number of amides is 2. The van der Waals surface area contributed by atoms with Gasteiger partial charge in [-0.1, -0.05) is 12.2 Å². The summed E-state index contributed by atoms with van der Waals surface area (Å²) in [7, 11) is 0. The predicted molar refractivity (Wildman–Crippen MR) is 76.7 cm³/mol. The first-order chi connectivity index (χ1) is 9.42. The molecule has 2 amide bonds. The van der Waals surface area contributed by atoms with Gasteiger partial charge in [0.05, 0.1) is 24.0 Å². The van der Waals surface area contributed by atoms with Gasteiger partial charge in [-0.15, -0.1) is 0 Å². The molecule has 6 nitrogen and oxygen atoms in total. The second kappa shape index (κ2) is 7.28. The van der Waals surface area contributed by atoms with Gasteiger partial charge in [0, 0.05) is 13.1 Å². The van der Waals surface area contributed by atoms with Crippen LogP contribution in [0.2, 0.25) is 0 Å². The highest BCUT2D eigenvalue weighted by molar-refractivity contribution is 5.89. The van der Waals surface area contributed by atoms with E-state index in [1.165, 1.54) is 6.20 Å². The van der Waals surface area contributed by atoms with Crippen LogP contribution in [0.15, 0.2) is 30.5 Å². The number of aliphatic carboxylic acids is 1. The summed E-state index contributed by atoms with van der Waals surface area (Å²) in [6.07, 6.45) is 1.32. The molecular formula is C14H19N3O3. The third kappa shape index (κ3) is 5.09. The normalized spacial score (nSPS) is 9.90. The highest BCUT2D eigenvalue weighted by Crippen LogP contribution is 2.08. The molecule has 20 heavy (non-hydrogen) atoms. The van der Waals surface area contributed by atoms with E-state index < -0.39 is 5.97 Å². The summed E-state index contributed by atoms with van der Waals surface area (Å²) >= 11 is 0. The lowest BCUT2D eigenvalue weighted by Crippen LogP contribution is -2.35. The van der Waals surface area contributed by atoms with Crippen molar-refractivity contribution in [3.05, 3.63) is 36.2 Å². The minimum absolute atomic E-state index is 0.134. The Hall–Kier alpha value is -2.37. The van der Waals surface area contributed by atoms with Gasteiger partial charge >= 0.3 is 12.0 Å². The number of pyridine rings is 1. The average molecular weight is 277 g/mol. The number of carboxylic acid groups (broad SMARTS) is 1. The Kier molecular flexibility index (Phi) is 5.71. The van der Waals surface area contributed by atoms with E-state index in [0.29, 0.717) is 24.5 Å². The van der Waals surface area contributed by atoms with Gasteiger partial charge in [-0.2, -0.15) is 0 Å². The molecule has 0 aliphatic rings. The largest absolute Gasteiger partial charge is 0.481 e. The molecule has 0 radical (unpaired) electrons. The second-order valence-electron chi connectivity index (χ2n) is 4.51. The molecule has 2 N–H and O–H groups in total. The summed E-state index contributed by atoms with van der Waals surface area (Å²) in [5.74, 6) is -0.937. The summed E-state index contributed by atoms with van der Waals surface area (Å²) in [5, 5.41) is 11.4. The number of carbonyl (C=O) groups is 2. The van der Waals surface area contributed by atoms with Crippen LogP contribution in [0.3, 0.4) is 0 Å². The first-order valence-electron chi connectivity index (χ1n) is 6.29. The fourth-order valence-corrected chi connectivity index (χ4v) is 1.61. The lowest BCUT2D eigenvalue weighted by atomic mass is 10.2. The molecule has 0 unspecified atom stereocenters. The minimum atomic E-state index is -0.937. The zero-order valence-electron chi connectivity index (χ0n) is 11.7. The summed E-state index contributed by atoms with van der Waals surface area (Å²) in [6.45, 7) is 8.59. The number of nitrogens with zero attached hydrogens (tertiary/aromatic N) is 2. The van der Waals surface area contributed by atoms with E-state index >= 15 is 0 Å². The maximum absolute atomic E-state index is 12.0. The molecule has 0 bridgehead atoms. The van der Waals surface area contributed by atoms with E-state index in [2.05, 4.69) is 16.9 Å². The summed E-state index contributed by atoms with van der Waals surface area (Å²) in [6, 6.07) is 2.99. The number of aromatic nitrogens is 1. The molecule has 0 aromatic carbocycles. The first-order valence-corrected chi connectivity index (χ1v) is 6.29. The molecule has 1 aromatic rings. The van der Waals surface area contributed by atoms with E-state index in [0.717, 1.165) is 5.57 Å². The molecule has 0 aliphatic heterocycles. The Bertz CT molecular complexity index is 497. The fourth-order valence-electron chi connectivity index (χ4n) is 1.61. The van der Waals surface area contributed by atoms with Crippen molar-refractivity contribution in [3.8, 4) is 0 Å². The maximum Gasteiger partial charge on any atom is 0.322 e. The standard InChI is InChI=1S/C14H19N3O3/c1-4-17(9-10(2)3)14(20)16-12-6-5-11(15-8-12)7-13(18)19/h5-6,8H,2,4,7,9H2,1,3H3,(H,16,20)(H,18,19). The number of hydrogen-bond donors (Lipinski definition) is 2. The van der Waals surface area contributed by atoms with Crippen LogP contribution >= 0.6 is 0 Å². The van der Waals surface area contributed by atoms with Crippen LogP contribution < -0.4 is 5.32 Å². The topological polar surface area (TPSA) is 82.5 Å². The van der Waals surface area contributed by atoms with E-state index in [4.69, 9.17) is 5.11 Å². The van der Waals surface area contributed by atoms with Crippen LogP contribution in [0.4, 0.5) is 10.5 Å². The molecule has 1 rings (SSSR count). The minimum Gasteiger partial charge on any atom is -0.481 e. The first kappa shape index (κ1) is 15.7. The van der Waals surface area contributed by atoms with E-state index in [1.807, 2.05) is 13.8 Å². The van der Waals surface area contributed by atoms with Crippen molar-refractivity contribution in [2.24, 2.45) is 0 Å². The quantitative estimate of drug-likeness (QED) is 0.780. The van der Waals surface area contributed by atoms with Gasteiger partial charge in [0.2, 0.25) is 0 Å². The van der Waals surface area contributed by atoms with Crippen molar-refractivity contribution < 1.29 is 14.7 Å². The smallest absolute Gasteiger partial charge is 0.322 e. The Balaban J connectivity index is 2.65. The van der Waals surface area contributed by atoms with Crippen LogP contribution in [0, 0.1) is 0 Å². The highest BCUT2D eigenvalue weighted by Gasteiger charge is 2.11. The molecule has 1 aromatic heterocycles. The van der Waals surface area contributed by atoms with Gasteiger partial charge in [-0.05, 0) is 26.0 Å². The van der Waals surface area contributed by atoms with Crippen molar-refractivity contribution >= 4 is 17.7 Å². The van der Waals surface area contributed by atoms with E-state index in [1.54, 1.807) is 17.0 Å². The molecule has 6 heteroatoms. The van der Waals surface area contributed by atoms with E-state index in [9.17, 15) is 9.59 Å². The summed E-state index contributed by atoms with van der Waals surface area (Å²) in [5.41, 5.74) is 1.88. The number of likely N-dealkylation sites (N-methyl/N-ethyl adjacent to an activating group) is 1. The van der Waals surface area contributed by atoms with Crippen LogP contribution in [0.25, 0.3) is 0 Å². The van der Waals surface area contributed by atoms with Crippen molar-refractivity contribution in [2.45, 2.75) is 20.3 Å². The SMILES string of the molecule is C=C(C)CN(CC)C(=O)Nc1ccc(CC(=O)O)nc1. The molecule has 1 heterocycles. The molecule has 0 fully saturated rings. The van der Waals surface area contributed by atoms with E-state index in [-0.39, 0.29) is 12.5 Å². The number of urea groups is 1. The number of hydrogen-bond acceptors (Lipinski definition) is 3. The second-order valence-corrected chi connectivity index (χ2v) is 4.51. The zero-order valence-corrected chi connectivity index (χ0v) is 11.7. The number of nitrogens with one attached hydrogen (secondary N) is 1. The molecule has 108 valence electrons. The average Bonchev–Trinajstić information content (AvgIpc) is 2.37. The Labute approximate surface area is 118 Å². The van der Waals surface area contributed by atoms with Crippen molar-refractivity contribution in [1.29, 1.82) is 0 Å². The van der Waals surface area contributed by atoms with Crippen LogP contribution in [0.1, 0.15) is 19.5 Å². The zero-order chi connectivity index (χ0) is 15.1. The molecule has 0 spiro atoms.